The van der Waals surface area contributed by atoms with Crippen LogP contribution in [0.4, 0.5) is 23.8 Å². The number of alkyl halides is 3. The highest BCUT2D eigenvalue weighted by Gasteiger charge is 2.38. The van der Waals surface area contributed by atoms with Gasteiger partial charge in [-0.2, -0.15) is 13.2 Å². The van der Waals surface area contributed by atoms with Crippen LogP contribution in [0.5, 0.6) is 0 Å². The van der Waals surface area contributed by atoms with Crippen LogP contribution in [0.15, 0.2) is 66.9 Å². The lowest BCUT2D eigenvalue weighted by atomic mass is 10.0. The number of amides is 3. The quantitative estimate of drug-likeness (QED) is 0.189. The van der Waals surface area contributed by atoms with Gasteiger partial charge in [-0.1, -0.05) is 62.4 Å². The van der Waals surface area contributed by atoms with Crippen molar-refractivity contribution in [2.24, 2.45) is 5.92 Å². The summed E-state index contributed by atoms with van der Waals surface area (Å²) >= 11 is 0. The molecule has 3 amide bonds. The van der Waals surface area contributed by atoms with Crippen LogP contribution >= 0.6 is 0 Å². The van der Waals surface area contributed by atoms with Gasteiger partial charge in [-0.05, 0) is 35.6 Å². The normalized spacial score (nSPS) is 14.8. The van der Waals surface area contributed by atoms with Gasteiger partial charge in [0.05, 0.1) is 0 Å². The van der Waals surface area contributed by atoms with Crippen molar-refractivity contribution in [1.82, 2.24) is 30.7 Å². The number of para-hydroxylation sites is 1. The number of urea groups is 1. The molecule has 1 aliphatic rings. The van der Waals surface area contributed by atoms with Gasteiger partial charge in [0.15, 0.2) is 11.5 Å². The van der Waals surface area contributed by atoms with E-state index < -0.39 is 12.1 Å². The summed E-state index contributed by atoms with van der Waals surface area (Å²) < 4.78 is 31.7. The molecule has 244 valence electrons. The summed E-state index contributed by atoms with van der Waals surface area (Å²) in [5, 5.41) is 26.0. The number of carbonyl (C=O) groups excluding carboxylic acids is 2. The minimum atomic E-state index is -5.08. The number of rotatable bonds is 8. The molecule has 3 heterocycles. The molecule has 1 atom stereocenters. The number of carbonyl (C=O) groups is 3. The minimum Gasteiger partial charge on any atom is -0.475 e. The molecule has 1 fully saturated rings. The number of carboxylic acid groups (broad SMARTS) is 1. The minimum absolute atomic E-state index is 0.140. The highest BCUT2D eigenvalue weighted by Crippen LogP contribution is 2.20. The highest BCUT2D eigenvalue weighted by molar-refractivity contribution is 5.94. The third kappa shape index (κ3) is 9.27. The molecule has 0 radical (unpaired) electrons. The van der Waals surface area contributed by atoms with Gasteiger partial charge in [-0.3, -0.25) is 10.1 Å². The molecule has 0 saturated carbocycles. The molecule has 11 nitrogen and oxygen atoms in total. The van der Waals surface area contributed by atoms with Gasteiger partial charge in [-0.15, -0.1) is 10.2 Å². The number of carboxylic acids is 1. The lowest BCUT2D eigenvalue weighted by molar-refractivity contribution is -0.192. The molecular formula is C32H36F3N7O4. The number of aliphatic carboxylic acids is 1. The number of aromatic amines is 1. The monoisotopic (exact) mass is 639 g/mol. The third-order valence-electron chi connectivity index (χ3n) is 7.46. The number of benzene rings is 2. The maximum Gasteiger partial charge on any atom is 0.490 e. The Hall–Kier alpha value is -4.98. The van der Waals surface area contributed by atoms with Crippen molar-refractivity contribution >= 4 is 34.6 Å². The van der Waals surface area contributed by atoms with Gasteiger partial charge in [0.1, 0.15) is 0 Å². The molecule has 46 heavy (non-hydrogen) atoms. The number of nitrogens with one attached hydrogen (secondary N) is 4. The molecule has 5 rings (SSSR count). The molecule has 0 unspecified atom stereocenters. The van der Waals surface area contributed by atoms with E-state index in [1.165, 1.54) is 0 Å². The topological polar surface area (TPSA) is 152 Å². The molecule has 14 heteroatoms. The van der Waals surface area contributed by atoms with E-state index in [-0.39, 0.29) is 23.7 Å². The van der Waals surface area contributed by atoms with Gasteiger partial charge in [0.2, 0.25) is 0 Å². The van der Waals surface area contributed by atoms with Crippen LogP contribution in [0.2, 0.25) is 0 Å². The first-order valence-electron chi connectivity index (χ1n) is 14.8. The van der Waals surface area contributed by atoms with Crippen molar-refractivity contribution in [3.8, 4) is 0 Å². The number of anilines is 1. The summed E-state index contributed by atoms with van der Waals surface area (Å²) in [6.45, 7) is 6.76. The zero-order valence-corrected chi connectivity index (χ0v) is 25.4. The van der Waals surface area contributed by atoms with Gasteiger partial charge in [0, 0.05) is 61.3 Å². The maximum atomic E-state index is 13.3. The van der Waals surface area contributed by atoms with E-state index in [9.17, 15) is 22.8 Å². The second kappa shape index (κ2) is 15.3. The number of nitrogens with zero attached hydrogens (tertiary/aromatic N) is 3. The summed E-state index contributed by atoms with van der Waals surface area (Å²) in [5.41, 5.74) is 4.30. The SMILES string of the molecule is CC(C)[C@H]1CN(C(=O)c2cc(Cc3ccccc3)c(NC(=O)NCCc3c[nH]c4ccccc34)nn2)CCN1.O=C(O)C(F)(F)F. The number of fused-ring (bicyclic) bond motifs is 1. The Bertz CT molecular complexity index is 1640. The van der Waals surface area contributed by atoms with E-state index in [4.69, 9.17) is 9.90 Å². The summed E-state index contributed by atoms with van der Waals surface area (Å²) in [5.74, 6) is -2.13. The van der Waals surface area contributed by atoms with Crippen LogP contribution in [0, 0.1) is 5.92 Å². The molecule has 0 spiro atoms. The lowest BCUT2D eigenvalue weighted by Crippen LogP contribution is -2.54. The van der Waals surface area contributed by atoms with Crippen LogP contribution < -0.4 is 16.0 Å². The molecule has 1 aliphatic heterocycles. The van der Waals surface area contributed by atoms with Crippen molar-refractivity contribution in [1.29, 1.82) is 0 Å². The molecule has 0 aliphatic carbocycles. The fourth-order valence-corrected chi connectivity index (χ4v) is 4.96. The van der Waals surface area contributed by atoms with Crippen LogP contribution in [-0.4, -0.2) is 81.5 Å². The Labute approximate surface area is 263 Å². The first-order valence-corrected chi connectivity index (χ1v) is 14.8. The van der Waals surface area contributed by atoms with Gasteiger partial charge < -0.3 is 25.6 Å². The first kappa shape index (κ1) is 33.9. The van der Waals surface area contributed by atoms with E-state index in [1.807, 2.05) is 59.6 Å². The predicted octanol–water partition coefficient (Wildman–Crippen LogP) is 4.62. The second-order valence-corrected chi connectivity index (χ2v) is 11.1. The number of hydrogen-bond donors (Lipinski definition) is 5. The number of halogens is 3. The van der Waals surface area contributed by atoms with E-state index in [0.717, 1.165) is 34.1 Å². The van der Waals surface area contributed by atoms with Gasteiger partial charge in [0.25, 0.3) is 5.91 Å². The van der Waals surface area contributed by atoms with Crippen LogP contribution in [0.3, 0.4) is 0 Å². The van der Waals surface area contributed by atoms with Crippen molar-refractivity contribution in [3.63, 3.8) is 0 Å². The van der Waals surface area contributed by atoms with Crippen molar-refractivity contribution in [3.05, 3.63) is 89.2 Å². The molecule has 4 aromatic rings. The molecule has 2 aromatic carbocycles. The Balaban J connectivity index is 0.000000617. The smallest absolute Gasteiger partial charge is 0.475 e. The molecular weight excluding hydrogens is 603 g/mol. The third-order valence-corrected chi connectivity index (χ3v) is 7.46. The van der Waals surface area contributed by atoms with Crippen LogP contribution in [-0.2, 0) is 17.6 Å². The van der Waals surface area contributed by atoms with Crippen LogP contribution in [0.25, 0.3) is 10.9 Å². The maximum absolute atomic E-state index is 13.3. The van der Waals surface area contributed by atoms with Gasteiger partial charge in [-0.25, -0.2) is 9.59 Å². The highest BCUT2D eigenvalue weighted by atomic mass is 19.4. The van der Waals surface area contributed by atoms with E-state index in [1.54, 1.807) is 6.07 Å². The predicted molar refractivity (Wildman–Crippen MR) is 167 cm³/mol. The average molecular weight is 640 g/mol. The molecule has 5 N–H and O–H groups in total. The van der Waals surface area contributed by atoms with Gasteiger partial charge >= 0.3 is 18.2 Å². The standard InChI is InChI=1S/C30H35N7O2.C2HF3O2/c1-20(2)27-19-37(15-14-31-27)29(38)26-17-23(16-21-8-4-3-5-9-21)28(36-35-26)34-30(39)32-13-12-22-18-33-25-11-7-6-10-24(22)25;3-2(4,5)1(6)7/h3-11,17-18,20,27,31,33H,12-16,19H2,1-2H3,(H2,32,34,36,39);(H,6,7)/t27-;/m1./s1. The number of hydrogen-bond acceptors (Lipinski definition) is 6. The lowest BCUT2D eigenvalue weighted by Gasteiger charge is -2.35. The summed E-state index contributed by atoms with van der Waals surface area (Å²) in [7, 11) is 0. The zero-order valence-electron chi connectivity index (χ0n) is 25.4. The Kier molecular flexibility index (Phi) is 11.3. The first-order chi connectivity index (χ1) is 21.9. The summed E-state index contributed by atoms with van der Waals surface area (Å²) in [4.78, 5) is 40.1. The average Bonchev–Trinajstić information content (AvgIpc) is 3.45. The van der Waals surface area contributed by atoms with E-state index in [2.05, 4.69) is 51.0 Å². The largest absolute Gasteiger partial charge is 0.490 e. The zero-order chi connectivity index (χ0) is 33.3. The van der Waals surface area contributed by atoms with Crippen molar-refractivity contribution in [2.45, 2.75) is 38.9 Å². The van der Waals surface area contributed by atoms with E-state index >= 15 is 0 Å². The molecule has 0 bridgehead atoms. The second-order valence-electron chi connectivity index (χ2n) is 11.1. The van der Waals surface area contributed by atoms with Crippen molar-refractivity contribution < 1.29 is 32.7 Å². The molecule has 2 aromatic heterocycles. The number of H-pyrrole nitrogens is 1. The van der Waals surface area contributed by atoms with Crippen LogP contribution in [0.1, 0.15) is 41.0 Å². The number of aromatic nitrogens is 3. The Morgan fingerprint density at radius 3 is 2.43 bits per heavy atom. The van der Waals surface area contributed by atoms with Crippen molar-refractivity contribution in [2.75, 3.05) is 31.5 Å². The summed E-state index contributed by atoms with van der Waals surface area (Å²) in [6, 6.07) is 19.7. The fourth-order valence-electron chi connectivity index (χ4n) is 4.96. The Morgan fingerprint density at radius 2 is 1.74 bits per heavy atom. The number of piperazine rings is 1. The summed E-state index contributed by atoms with van der Waals surface area (Å²) in [6.07, 6.45) is -1.90. The molecule has 1 saturated heterocycles. The van der Waals surface area contributed by atoms with E-state index in [0.29, 0.717) is 44.2 Å². The Morgan fingerprint density at radius 1 is 1.04 bits per heavy atom. The fraction of sp³-hybridized carbons (Fsp3) is 0.344.